The molecule has 0 aliphatic carbocycles. The first-order valence-electron chi connectivity index (χ1n) is 6.57. The smallest absolute Gasteiger partial charge is 0.251 e. The van der Waals surface area contributed by atoms with Gasteiger partial charge in [-0.3, -0.25) is 4.79 Å². The summed E-state index contributed by atoms with van der Waals surface area (Å²) in [4.78, 5) is 12.2. The van der Waals surface area contributed by atoms with Gasteiger partial charge in [0, 0.05) is 21.3 Å². The number of thioether (sulfide) groups is 1. The predicted octanol–water partition coefficient (Wildman–Crippen LogP) is 4.41. The Morgan fingerprint density at radius 2 is 2.00 bits per heavy atom. The Bertz CT molecular complexity index is 436. The fourth-order valence-electron chi connectivity index (χ4n) is 1.94. The SMILES string of the molecule is CCC(CC)(CNC(=O)c1ccc(C)c(Br)c1)SC. The molecule has 106 valence electrons. The minimum Gasteiger partial charge on any atom is -0.351 e. The lowest BCUT2D eigenvalue weighted by molar-refractivity contribution is 0.0949. The van der Waals surface area contributed by atoms with Crippen LogP contribution in [0, 0.1) is 6.92 Å². The van der Waals surface area contributed by atoms with Crippen molar-refractivity contribution in [3.8, 4) is 0 Å². The highest BCUT2D eigenvalue weighted by atomic mass is 79.9. The number of hydrogen-bond acceptors (Lipinski definition) is 2. The summed E-state index contributed by atoms with van der Waals surface area (Å²) in [7, 11) is 0. The molecule has 0 spiro atoms. The molecule has 1 rings (SSSR count). The molecular weight excluding hydrogens is 322 g/mol. The van der Waals surface area contributed by atoms with Gasteiger partial charge in [-0.1, -0.05) is 35.8 Å². The monoisotopic (exact) mass is 343 g/mol. The molecular formula is C15H22BrNOS. The third kappa shape index (κ3) is 4.25. The minimum atomic E-state index is 0.000949. The molecule has 1 N–H and O–H groups in total. The van der Waals surface area contributed by atoms with E-state index in [9.17, 15) is 4.79 Å². The molecule has 0 unspecified atom stereocenters. The Hall–Kier alpha value is -0.480. The maximum Gasteiger partial charge on any atom is 0.251 e. The van der Waals surface area contributed by atoms with Crippen LogP contribution in [-0.2, 0) is 0 Å². The Morgan fingerprint density at radius 3 is 2.47 bits per heavy atom. The number of benzene rings is 1. The fraction of sp³-hybridized carbons (Fsp3) is 0.533. The number of rotatable bonds is 6. The van der Waals surface area contributed by atoms with Crippen molar-refractivity contribution in [1.82, 2.24) is 5.32 Å². The highest BCUT2D eigenvalue weighted by Crippen LogP contribution is 2.29. The van der Waals surface area contributed by atoms with Crippen LogP contribution in [0.25, 0.3) is 0 Å². The summed E-state index contributed by atoms with van der Waals surface area (Å²) in [5, 5.41) is 3.06. The highest BCUT2D eigenvalue weighted by Gasteiger charge is 2.25. The largest absolute Gasteiger partial charge is 0.351 e. The van der Waals surface area contributed by atoms with E-state index in [1.165, 1.54) is 0 Å². The van der Waals surface area contributed by atoms with Gasteiger partial charge in [0.05, 0.1) is 0 Å². The van der Waals surface area contributed by atoms with Crippen LogP contribution in [-0.4, -0.2) is 23.5 Å². The van der Waals surface area contributed by atoms with Crippen LogP contribution in [0.1, 0.15) is 42.6 Å². The number of amides is 1. The maximum absolute atomic E-state index is 12.2. The number of aryl methyl sites for hydroxylation is 1. The molecule has 0 radical (unpaired) electrons. The molecule has 0 heterocycles. The van der Waals surface area contributed by atoms with E-state index in [-0.39, 0.29) is 10.7 Å². The number of hydrogen-bond donors (Lipinski definition) is 1. The van der Waals surface area contributed by atoms with E-state index in [4.69, 9.17) is 0 Å². The van der Waals surface area contributed by atoms with Crippen LogP contribution in [0.15, 0.2) is 22.7 Å². The van der Waals surface area contributed by atoms with Gasteiger partial charge in [0.15, 0.2) is 0 Å². The third-order valence-corrected chi connectivity index (χ3v) is 6.17. The van der Waals surface area contributed by atoms with Crippen LogP contribution >= 0.6 is 27.7 Å². The molecule has 1 amide bonds. The van der Waals surface area contributed by atoms with Crippen molar-refractivity contribution >= 4 is 33.6 Å². The Labute approximate surface area is 128 Å². The van der Waals surface area contributed by atoms with Crippen molar-refractivity contribution in [3.05, 3.63) is 33.8 Å². The van der Waals surface area contributed by atoms with E-state index in [0.29, 0.717) is 12.1 Å². The lowest BCUT2D eigenvalue weighted by atomic mass is 10.0. The number of halogens is 1. The van der Waals surface area contributed by atoms with Gasteiger partial charge >= 0.3 is 0 Å². The molecule has 0 aromatic heterocycles. The zero-order valence-electron chi connectivity index (χ0n) is 12.0. The third-order valence-electron chi connectivity index (χ3n) is 3.73. The average molecular weight is 344 g/mol. The molecule has 0 aliphatic rings. The first-order chi connectivity index (χ1) is 8.98. The van der Waals surface area contributed by atoms with Gasteiger partial charge < -0.3 is 5.32 Å². The zero-order chi connectivity index (χ0) is 14.5. The van der Waals surface area contributed by atoms with Gasteiger partial charge in [-0.15, -0.1) is 0 Å². The van der Waals surface area contributed by atoms with E-state index in [1.54, 1.807) is 0 Å². The molecule has 0 aliphatic heterocycles. The average Bonchev–Trinajstić information content (AvgIpc) is 2.43. The van der Waals surface area contributed by atoms with E-state index >= 15 is 0 Å². The molecule has 1 aromatic carbocycles. The van der Waals surface area contributed by atoms with Gasteiger partial charge in [0.1, 0.15) is 0 Å². The number of carbonyl (C=O) groups excluding carboxylic acids is 1. The molecule has 2 nitrogen and oxygen atoms in total. The van der Waals surface area contributed by atoms with Crippen molar-refractivity contribution < 1.29 is 4.79 Å². The molecule has 0 saturated carbocycles. The Balaban J connectivity index is 2.72. The van der Waals surface area contributed by atoms with Gasteiger partial charge in [0.2, 0.25) is 0 Å². The topological polar surface area (TPSA) is 29.1 Å². The molecule has 0 atom stereocenters. The Kier molecular flexibility index (Phi) is 6.40. The van der Waals surface area contributed by atoms with E-state index in [1.807, 2.05) is 36.9 Å². The van der Waals surface area contributed by atoms with Crippen molar-refractivity contribution in [2.75, 3.05) is 12.8 Å². The van der Waals surface area contributed by atoms with Crippen molar-refractivity contribution in [1.29, 1.82) is 0 Å². The lowest BCUT2D eigenvalue weighted by Crippen LogP contribution is -2.39. The van der Waals surface area contributed by atoms with Crippen LogP contribution in [0.5, 0.6) is 0 Å². The van der Waals surface area contributed by atoms with Crippen molar-refractivity contribution in [3.63, 3.8) is 0 Å². The molecule has 0 fully saturated rings. The zero-order valence-corrected chi connectivity index (χ0v) is 14.5. The second kappa shape index (κ2) is 7.34. The molecule has 1 aromatic rings. The van der Waals surface area contributed by atoms with Crippen LogP contribution in [0.4, 0.5) is 0 Å². The van der Waals surface area contributed by atoms with Crippen molar-refractivity contribution in [2.24, 2.45) is 0 Å². The second-order valence-electron chi connectivity index (χ2n) is 4.74. The standard InChI is InChI=1S/C15H22BrNOS/c1-5-15(6-2,19-4)10-17-14(18)12-8-7-11(3)13(16)9-12/h7-9H,5-6,10H2,1-4H3,(H,17,18). The molecule has 19 heavy (non-hydrogen) atoms. The summed E-state index contributed by atoms with van der Waals surface area (Å²) in [6.07, 6.45) is 4.23. The lowest BCUT2D eigenvalue weighted by Gasteiger charge is -2.29. The van der Waals surface area contributed by atoms with Crippen LogP contribution in [0.2, 0.25) is 0 Å². The summed E-state index contributed by atoms with van der Waals surface area (Å²) in [5.41, 5.74) is 1.84. The molecule has 4 heteroatoms. The minimum absolute atomic E-state index is 0.000949. The summed E-state index contributed by atoms with van der Waals surface area (Å²) in [6, 6.07) is 5.71. The highest BCUT2D eigenvalue weighted by molar-refractivity contribution is 9.10. The van der Waals surface area contributed by atoms with Crippen LogP contribution in [0.3, 0.4) is 0 Å². The van der Waals surface area contributed by atoms with E-state index < -0.39 is 0 Å². The van der Waals surface area contributed by atoms with Crippen LogP contribution < -0.4 is 5.32 Å². The first-order valence-corrected chi connectivity index (χ1v) is 8.59. The summed E-state index contributed by atoms with van der Waals surface area (Å²) < 4.78 is 1.12. The van der Waals surface area contributed by atoms with Gasteiger partial charge in [-0.25, -0.2) is 0 Å². The fourth-order valence-corrected chi connectivity index (χ4v) is 3.11. The maximum atomic E-state index is 12.2. The second-order valence-corrected chi connectivity index (χ2v) is 6.87. The summed E-state index contributed by atoms with van der Waals surface area (Å²) in [6.45, 7) is 7.08. The van der Waals surface area contributed by atoms with Gasteiger partial charge in [0.25, 0.3) is 5.91 Å². The number of nitrogens with one attached hydrogen (secondary N) is 1. The Morgan fingerprint density at radius 1 is 1.37 bits per heavy atom. The molecule has 0 saturated heterocycles. The summed E-state index contributed by atoms with van der Waals surface area (Å²) in [5.74, 6) is 0.000949. The first kappa shape index (κ1) is 16.6. The molecule has 0 bridgehead atoms. The number of carbonyl (C=O) groups is 1. The normalized spacial score (nSPS) is 11.4. The predicted molar refractivity (Wildman–Crippen MR) is 88.0 cm³/mol. The van der Waals surface area contributed by atoms with E-state index in [2.05, 4.69) is 41.3 Å². The van der Waals surface area contributed by atoms with Gasteiger partial charge in [-0.05, 0) is 43.7 Å². The quantitative estimate of drug-likeness (QED) is 0.828. The van der Waals surface area contributed by atoms with Gasteiger partial charge in [-0.2, -0.15) is 11.8 Å². The van der Waals surface area contributed by atoms with E-state index in [0.717, 1.165) is 22.9 Å². The summed E-state index contributed by atoms with van der Waals surface area (Å²) >= 11 is 5.30. The van der Waals surface area contributed by atoms with Crippen molar-refractivity contribution in [2.45, 2.75) is 38.4 Å².